The van der Waals surface area contributed by atoms with Gasteiger partial charge in [0, 0.05) is 0 Å². The first-order valence-corrected chi connectivity index (χ1v) is 2.03. The molecule has 0 aromatic carbocycles. The molecule has 4 heteroatoms. The van der Waals surface area contributed by atoms with Crippen molar-refractivity contribution in [2.24, 2.45) is 0 Å². The van der Waals surface area contributed by atoms with Gasteiger partial charge in [0.2, 0.25) is 0 Å². The van der Waals surface area contributed by atoms with E-state index in [1.54, 1.807) is 0 Å². The highest BCUT2D eigenvalue weighted by Crippen LogP contribution is 2.18. The molecule has 0 aliphatic rings. The van der Waals surface area contributed by atoms with Crippen LogP contribution in [-0.2, 0) is 0 Å². The fourth-order valence-electron chi connectivity index (χ4n) is 0.215. The predicted molar refractivity (Wildman–Crippen MR) is 25.4 cm³/mol. The maximum absolute atomic E-state index is 11.7. The van der Waals surface area contributed by atoms with E-state index in [9.17, 15) is 17.6 Å². The lowest BCUT2D eigenvalue weighted by Crippen LogP contribution is -2.01. The molecule has 0 atom stereocenters. The Bertz CT molecular complexity index is 130. The Balaban J connectivity index is 4.11. The molecular formula is C5H4F4. The lowest BCUT2D eigenvalue weighted by atomic mass is 10.4. The van der Waals surface area contributed by atoms with Crippen molar-refractivity contribution in [1.82, 2.24) is 0 Å². The van der Waals surface area contributed by atoms with Crippen LogP contribution in [0.5, 0.6) is 0 Å². The van der Waals surface area contributed by atoms with E-state index in [1.807, 2.05) is 0 Å². The number of allylic oxidation sites excluding steroid dienone is 3. The van der Waals surface area contributed by atoms with Crippen LogP contribution in [0.15, 0.2) is 24.6 Å². The highest BCUT2D eigenvalue weighted by molar-refractivity contribution is 5.09. The van der Waals surface area contributed by atoms with Gasteiger partial charge in [-0.3, -0.25) is 0 Å². The first-order valence-electron chi connectivity index (χ1n) is 2.03. The molecule has 0 unspecified atom stereocenters. The first-order chi connectivity index (χ1) is 3.95. The molecule has 0 amide bonds. The molecule has 0 heterocycles. The molecule has 0 aromatic rings. The zero-order chi connectivity index (χ0) is 7.49. The molecule has 0 rings (SSSR count). The Morgan fingerprint density at radius 2 is 1.78 bits per heavy atom. The van der Waals surface area contributed by atoms with Gasteiger partial charge >= 0.3 is 6.18 Å². The van der Waals surface area contributed by atoms with Crippen LogP contribution in [0.25, 0.3) is 0 Å². The van der Waals surface area contributed by atoms with Gasteiger partial charge in [0.25, 0.3) is 0 Å². The molecular weight excluding hydrogens is 136 g/mol. The van der Waals surface area contributed by atoms with E-state index in [0.717, 1.165) is 0 Å². The van der Waals surface area contributed by atoms with Gasteiger partial charge in [0.1, 0.15) is 5.83 Å². The van der Waals surface area contributed by atoms with Crippen molar-refractivity contribution in [2.45, 2.75) is 6.18 Å². The minimum atomic E-state index is -4.59. The standard InChI is InChI=1S/C5H4F4/c1-2-4(6)3-5(7,8)9/h2-3H,1H2/b4-3+. The quantitative estimate of drug-likeness (QED) is 0.388. The van der Waals surface area contributed by atoms with E-state index in [4.69, 9.17) is 0 Å². The number of halogens is 4. The van der Waals surface area contributed by atoms with Crippen LogP contribution in [0.3, 0.4) is 0 Å². The van der Waals surface area contributed by atoms with Crippen LogP contribution < -0.4 is 0 Å². The number of rotatable bonds is 1. The van der Waals surface area contributed by atoms with Crippen LogP contribution in [0, 0.1) is 0 Å². The average Bonchev–Trinajstić information content (AvgIpc) is 1.62. The highest BCUT2D eigenvalue weighted by Gasteiger charge is 2.23. The van der Waals surface area contributed by atoms with Crippen LogP contribution in [0.4, 0.5) is 17.6 Å². The second-order valence-corrected chi connectivity index (χ2v) is 1.27. The van der Waals surface area contributed by atoms with Crippen molar-refractivity contribution in [3.05, 3.63) is 24.6 Å². The molecule has 0 saturated heterocycles. The Kier molecular flexibility index (Phi) is 2.42. The molecule has 0 aliphatic carbocycles. The molecule has 0 N–H and O–H groups in total. The SMILES string of the molecule is C=C/C(F)=C\C(F)(F)F. The molecule has 0 bridgehead atoms. The third-order valence-corrected chi connectivity index (χ3v) is 0.497. The maximum Gasteiger partial charge on any atom is 0.412 e. The van der Waals surface area contributed by atoms with E-state index in [1.165, 1.54) is 0 Å². The molecule has 0 spiro atoms. The summed E-state index contributed by atoms with van der Waals surface area (Å²) in [5.74, 6) is -1.37. The van der Waals surface area contributed by atoms with Gasteiger partial charge in [-0.05, 0) is 6.08 Å². The van der Waals surface area contributed by atoms with Crippen molar-refractivity contribution in [3.8, 4) is 0 Å². The van der Waals surface area contributed by atoms with E-state index in [2.05, 4.69) is 6.58 Å². The lowest BCUT2D eigenvalue weighted by Gasteiger charge is -1.95. The van der Waals surface area contributed by atoms with E-state index in [0.29, 0.717) is 6.08 Å². The van der Waals surface area contributed by atoms with E-state index >= 15 is 0 Å². The highest BCUT2D eigenvalue weighted by atomic mass is 19.4. The summed E-state index contributed by atoms with van der Waals surface area (Å²) >= 11 is 0. The number of hydrogen-bond acceptors (Lipinski definition) is 0. The van der Waals surface area contributed by atoms with Crippen molar-refractivity contribution in [3.63, 3.8) is 0 Å². The van der Waals surface area contributed by atoms with Gasteiger partial charge < -0.3 is 0 Å². The number of hydrogen-bond donors (Lipinski definition) is 0. The Morgan fingerprint density at radius 1 is 1.33 bits per heavy atom. The molecule has 0 aliphatic heterocycles. The van der Waals surface area contributed by atoms with Crippen LogP contribution in [-0.4, -0.2) is 6.18 Å². The van der Waals surface area contributed by atoms with Gasteiger partial charge in [0.15, 0.2) is 0 Å². The summed E-state index contributed by atoms with van der Waals surface area (Å²) in [6, 6.07) is 0. The third-order valence-electron chi connectivity index (χ3n) is 0.497. The Labute approximate surface area is 49.5 Å². The maximum atomic E-state index is 11.7. The van der Waals surface area contributed by atoms with Crippen molar-refractivity contribution in [1.29, 1.82) is 0 Å². The molecule has 52 valence electrons. The van der Waals surface area contributed by atoms with Crippen molar-refractivity contribution in [2.75, 3.05) is 0 Å². The largest absolute Gasteiger partial charge is 0.412 e. The van der Waals surface area contributed by atoms with Gasteiger partial charge in [-0.15, -0.1) is 0 Å². The van der Waals surface area contributed by atoms with Crippen molar-refractivity contribution >= 4 is 0 Å². The molecule has 0 aromatic heterocycles. The molecule has 9 heavy (non-hydrogen) atoms. The lowest BCUT2D eigenvalue weighted by molar-refractivity contribution is -0.0811. The molecule has 0 radical (unpaired) electrons. The zero-order valence-corrected chi connectivity index (χ0v) is 4.37. The summed E-state index contributed by atoms with van der Waals surface area (Å²) in [5, 5.41) is 0. The summed E-state index contributed by atoms with van der Waals surface area (Å²) in [5.41, 5.74) is 0. The van der Waals surface area contributed by atoms with Crippen LogP contribution in [0.2, 0.25) is 0 Å². The molecule has 0 nitrogen and oxygen atoms in total. The second-order valence-electron chi connectivity index (χ2n) is 1.27. The minimum absolute atomic E-state index is 0.458. The Hall–Kier alpha value is -0.800. The normalized spacial score (nSPS) is 13.6. The summed E-state index contributed by atoms with van der Waals surface area (Å²) in [4.78, 5) is 0. The van der Waals surface area contributed by atoms with Gasteiger partial charge in [-0.1, -0.05) is 6.58 Å². The summed E-state index contributed by atoms with van der Waals surface area (Å²) in [7, 11) is 0. The van der Waals surface area contributed by atoms with Gasteiger partial charge in [-0.2, -0.15) is 13.2 Å². The van der Waals surface area contributed by atoms with Crippen LogP contribution >= 0.6 is 0 Å². The first kappa shape index (κ1) is 8.20. The Morgan fingerprint density at radius 3 is 1.89 bits per heavy atom. The second kappa shape index (κ2) is 2.66. The fourth-order valence-corrected chi connectivity index (χ4v) is 0.215. The van der Waals surface area contributed by atoms with Gasteiger partial charge in [-0.25, -0.2) is 4.39 Å². The van der Waals surface area contributed by atoms with Gasteiger partial charge in [0.05, 0.1) is 6.08 Å². The summed E-state index contributed by atoms with van der Waals surface area (Å²) in [6.07, 6.45) is -4.55. The van der Waals surface area contributed by atoms with Crippen LogP contribution in [0.1, 0.15) is 0 Å². The summed E-state index contributed by atoms with van der Waals surface area (Å²) < 4.78 is 45.0. The third kappa shape index (κ3) is 5.06. The minimum Gasteiger partial charge on any atom is -0.207 e. The smallest absolute Gasteiger partial charge is 0.207 e. The van der Waals surface area contributed by atoms with E-state index < -0.39 is 18.1 Å². The zero-order valence-electron chi connectivity index (χ0n) is 4.37. The summed E-state index contributed by atoms with van der Waals surface area (Å²) in [6.45, 7) is 2.80. The van der Waals surface area contributed by atoms with E-state index in [-0.39, 0.29) is 0 Å². The molecule has 0 fully saturated rings. The van der Waals surface area contributed by atoms with Crippen molar-refractivity contribution < 1.29 is 17.6 Å². The monoisotopic (exact) mass is 140 g/mol. The topological polar surface area (TPSA) is 0 Å². The average molecular weight is 140 g/mol. The fraction of sp³-hybridized carbons (Fsp3) is 0.200. The molecule has 0 saturated carbocycles. The predicted octanol–water partition coefficient (Wildman–Crippen LogP) is 2.59. The number of alkyl halides is 3.